The summed E-state index contributed by atoms with van der Waals surface area (Å²) < 4.78 is 0. The Balaban J connectivity index is 1.70. The number of para-hydroxylation sites is 1. The molecule has 0 unspecified atom stereocenters. The average Bonchev–Trinajstić information content (AvgIpc) is 2.96. The van der Waals surface area contributed by atoms with Crippen molar-refractivity contribution in [2.45, 2.75) is 19.4 Å². The molecule has 2 amide bonds. The van der Waals surface area contributed by atoms with Crippen molar-refractivity contribution in [1.29, 1.82) is 0 Å². The minimum absolute atomic E-state index is 0.158. The summed E-state index contributed by atoms with van der Waals surface area (Å²) in [5.41, 5.74) is 2.48. The Hall–Kier alpha value is -3.44. The van der Waals surface area contributed by atoms with Crippen molar-refractivity contribution < 1.29 is 14.7 Å². The van der Waals surface area contributed by atoms with E-state index in [4.69, 9.17) is 0 Å². The van der Waals surface area contributed by atoms with Crippen molar-refractivity contribution in [1.82, 2.24) is 0 Å². The molecule has 1 aliphatic heterocycles. The average molecular weight is 400 g/mol. The molecule has 0 bridgehead atoms. The molecule has 5 nitrogen and oxygen atoms in total. The molecule has 152 valence electrons. The fourth-order valence-corrected chi connectivity index (χ4v) is 3.96. The van der Waals surface area contributed by atoms with E-state index in [1.54, 1.807) is 43.4 Å². The van der Waals surface area contributed by atoms with Crippen LogP contribution in [0, 0.1) is 13.8 Å². The number of amides is 2. The second-order valence-corrected chi connectivity index (χ2v) is 7.78. The quantitative estimate of drug-likeness (QED) is 0.729. The first-order chi connectivity index (χ1) is 14.3. The van der Waals surface area contributed by atoms with E-state index in [1.165, 1.54) is 9.80 Å². The van der Waals surface area contributed by atoms with Crippen LogP contribution in [-0.4, -0.2) is 30.5 Å². The van der Waals surface area contributed by atoms with Crippen LogP contribution in [0.1, 0.15) is 22.3 Å². The number of rotatable bonds is 4. The molecule has 0 fully saturated rings. The maximum atomic E-state index is 13.4. The Kier molecular flexibility index (Phi) is 4.92. The van der Waals surface area contributed by atoms with Crippen LogP contribution in [0.2, 0.25) is 0 Å². The number of hydrogen-bond donors (Lipinski definition) is 1. The van der Waals surface area contributed by atoms with Crippen molar-refractivity contribution in [3.05, 3.63) is 95.1 Å². The Morgan fingerprint density at radius 2 is 1.63 bits per heavy atom. The monoisotopic (exact) mass is 400 g/mol. The third kappa shape index (κ3) is 3.17. The fourth-order valence-electron chi connectivity index (χ4n) is 3.96. The first-order valence-electron chi connectivity index (χ1n) is 9.86. The lowest BCUT2D eigenvalue weighted by molar-refractivity contribution is -0.133. The molecular weight excluding hydrogens is 376 g/mol. The Morgan fingerprint density at radius 3 is 2.33 bits per heavy atom. The highest BCUT2D eigenvalue weighted by molar-refractivity contribution is 6.12. The Bertz CT molecular complexity index is 1140. The van der Waals surface area contributed by atoms with Crippen LogP contribution in [0.4, 0.5) is 11.4 Å². The van der Waals surface area contributed by atoms with Crippen LogP contribution < -0.4 is 9.80 Å². The highest BCUT2D eigenvalue weighted by atomic mass is 16.3. The normalized spacial score (nSPS) is 17.7. The minimum Gasteiger partial charge on any atom is -0.372 e. The topological polar surface area (TPSA) is 60.9 Å². The number of nitrogens with zero attached hydrogens (tertiary/aromatic N) is 2. The van der Waals surface area contributed by atoms with Crippen LogP contribution in [0.15, 0.2) is 72.8 Å². The summed E-state index contributed by atoms with van der Waals surface area (Å²) in [6.45, 7) is 3.72. The van der Waals surface area contributed by atoms with Crippen LogP contribution in [-0.2, 0) is 15.2 Å². The number of aliphatic hydroxyl groups is 1. The molecule has 4 rings (SSSR count). The molecule has 0 aliphatic carbocycles. The molecule has 1 heterocycles. The van der Waals surface area contributed by atoms with Gasteiger partial charge in [0, 0.05) is 18.3 Å². The molecular formula is C25H24N2O3. The highest BCUT2D eigenvalue weighted by Gasteiger charge is 2.51. The van der Waals surface area contributed by atoms with Crippen LogP contribution in [0.25, 0.3) is 0 Å². The molecule has 0 aromatic heterocycles. The van der Waals surface area contributed by atoms with Crippen molar-refractivity contribution in [3.8, 4) is 0 Å². The third-order valence-electron chi connectivity index (χ3n) is 5.63. The summed E-state index contributed by atoms with van der Waals surface area (Å²) in [5.74, 6) is -0.752. The zero-order chi connectivity index (χ0) is 21.5. The summed E-state index contributed by atoms with van der Waals surface area (Å²) >= 11 is 0. The molecule has 30 heavy (non-hydrogen) atoms. The van der Waals surface area contributed by atoms with E-state index in [1.807, 2.05) is 50.2 Å². The van der Waals surface area contributed by atoms with Crippen molar-refractivity contribution in [2.75, 3.05) is 23.4 Å². The summed E-state index contributed by atoms with van der Waals surface area (Å²) in [4.78, 5) is 29.4. The molecule has 1 aliphatic rings. The Morgan fingerprint density at radius 1 is 0.967 bits per heavy atom. The van der Waals surface area contributed by atoms with Crippen LogP contribution in [0.5, 0.6) is 0 Å². The second kappa shape index (κ2) is 7.43. The molecule has 0 radical (unpaired) electrons. The van der Waals surface area contributed by atoms with Crippen LogP contribution >= 0.6 is 0 Å². The van der Waals surface area contributed by atoms with E-state index in [0.29, 0.717) is 16.8 Å². The van der Waals surface area contributed by atoms with Gasteiger partial charge in [-0.3, -0.25) is 14.5 Å². The van der Waals surface area contributed by atoms with Gasteiger partial charge < -0.3 is 10.0 Å². The molecule has 0 spiro atoms. The van der Waals surface area contributed by atoms with E-state index in [2.05, 4.69) is 0 Å². The lowest BCUT2D eigenvalue weighted by Gasteiger charge is -2.25. The van der Waals surface area contributed by atoms with E-state index in [-0.39, 0.29) is 12.5 Å². The third-order valence-corrected chi connectivity index (χ3v) is 5.63. The molecule has 0 saturated carbocycles. The predicted molar refractivity (Wildman–Crippen MR) is 118 cm³/mol. The summed E-state index contributed by atoms with van der Waals surface area (Å²) in [6.07, 6.45) is 0. The maximum absolute atomic E-state index is 13.4. The number of likely N-dealkylation sites (N-methyl/N-ethyl adjacent to an activating group) is 1. The smallest absolute Gasteiger partial charge is 0.268 e. The lowest BCUT2D eigenvalue weighted by atomic mass is 9.87. The maximum Gasteiger partial charge on any atom is 0.268 e. The number of carbonyl (C=O) groups is 2. The molecule has 3 aromatic carbocycles. The van der Waals surface area contributed by atoms with Crippen molar-refractivity contribution in [3.63, 3.8) is 0 Å². The molecule has 3 aromatic rings. The predicted octanol–water partition coefficient (Wildman–Crippen LogP) is 3.55. The van der Waals surface area contributed by atoms with E-state index >= 15 is 0 Å². The first-order valence-corrected chi connectivity index (χ1v) is 9.86. The van der Waals surface area contributed by atoms with Gasteiger partial charge >= 0.3 is 0 Å². The number of hydrogen-bond acceptors (Lipinski definition) is 3. The summed E-state index contributed by atoms with van der Waals surface area (Å²) in [6, 6.07) is 22.0. The van der Waals surface area contributed by atoms with Gasteiger partial charge in [0.15, 0.2) is 5.60 Å². The SMILES string of the molecule is Cc1cccc(N(C)C(=O)CN2C(=O)[C@](O)(c3cccc(C)c3)c3ccccc32)c1. The van der Waals surface area contributed by atoms with Gasteiger partial charge in [-0.2, -0.15) is 0 Å². The molecule has 5 heteroatoms. The number of benzene rings is 3. The van der Waals surface area contributed by atoms with Crippen molar-refractivity contribution in [2.24, 2.45) is 0 Å². The fraction of sp³-hybridized carbons (Fsp3) is 0.200. The first kappa shape index (κ1) is 19.9. The van der Waals surface area contributed by atoms with Gasteiger partial charge in [-0.05, 0) is 43.2 Å². The zero-order valence-corrected chi connectivity index (χ0v) is 17.3. The van der Waals surface area contributed by atoms with E-state index in [0.717, 1.165) is 16.8 Å². The summed E-state index contributed by atoms with van der Waals surface area (Å²) in [5, 5.41) is 11.6. The van der Waals surface area contributed by atoms with Gasteiger partial charge in [0.05, 0.1) is 5.69 Å². The van der Waals surface area contributed by atoms with Gasteiger partial charge in [-0.15, -0.1) is 0 Å². The largest absolute Gasteiger partial charge is 0.372 e. The Labute approximate surface area is 176 Å². The zero-order valence-electron chi connectivity index (χ0n) is 17.3. The van der Waals surface area contributed by atoms with Gasteiger partial charge in [0.2, 0.25) is 5.91 Å². The van der Waals surface area contributed by atoms with E-state index in [9.17, 15) is 14.7 Å². The number of anilines is 2. The van der Waals surface area contributed by atoms with Crippen molar-refractivity contribution >= 4 is 23.2 Å². The molecule has 0 saturated heterocycles. The summed E-state index contributed by atoms with van der Waals surface area (Å²) in [7, 11) is 1.69. The van der Waals surface area contributed by atoms with Gasteiger partial charge in [-0.1, -0.05) is 60.2 Å². The number of aryl methyl sites for hydroxylation is 2. The van der Waals surface area contributed by atoms with Gasteiger partial charge in [-0.25, -0.2) is 0 Å². The number of carbonyl (C=O) groups excluding carboxylic acids is 2. The standard InChI is InChI=1S/C25H24N2O3/c1-17-8-6-10-19(14-17)25(30)21-12-4-5-13-22(21)27(24(25)29)16-23(28)26(3)20-11-7-9-18(2)15-20/h4-15,30H,16H2,1-3H3/t25-/m0/s1. The van der Waals surface area contributed by atoms with Gasteiger partial charge in [0.25, 0.3) is 5.91 Å². The minimum atomic E-state index is -1.81. The lowest BCUT2D eigenvalue weighted by Crippen LogP contribution is -2.45. The van der Waals surface area contributed by atoms with Crippen LogP contribution in [0.3, 0.4) is 0 Å². The second-order valence-electron chi connectivity index (χ2n) is 7.78. The van der Waals surface area contributed by atoms with E-state index < -0.39 is 11.5 Å². The number of fused-ring (bicyclic) bond motifs is 1. The molecule has 1 N–H and O–H groups in total. The highest BCUT2D eigenvalue weighted by Crippen LogP contribution is 2.44. The molecule has 1 atom stereocenters. The van der Waals surface area contributed by atoms with Gasteiger partial charge in [0.1, 0.15) is 6.54 Å².